The van der Waals surface area contributed by atoms with Crippen LogP contribution in [-0.2, 0) is 17.8 Å². The van der Waals surface area contributed by atoms with Gasteiger partial charge in [-0.3, -0.25) is 4.68 Å². The Morgan fingerprint density at radius 1 is 1.25 bits per heavy atom. The highest BCUT2D eigenvalue weighted by Gasteiger charge is 2.01. The Kier molecular flexibility index (Phi) is 5.58. The molecular weight excluding hydrogens is 254 g/mol. The van der Waals surface area contributed by atoms with Crippen molar-refractivity contribution < 1.29 is 9.47 Å². The summed E-state index contributed by atoms with van der Waals surface area (Å²) in [6.07, 6.45) is 1.99. The van der Waals surface area contributed by atoms with Gasteiger partial charge in [-0.05, 0) is 23.8 Å². The van der Waals surface area contributed by atoms with E-state index in [1.54, 1.807) is 14.2 Å². The van der Waals surface area contributed by atoms with E-state index in [1.165, 1.54) is 5.56 Å². The maximum absolute atomic E-state index is 5.22. The second kappa shape index (κ2) is 7.67. The smallest absolute Gasteiger partial charge is 0.119 e. The van der Waals surface area contributed by atoms with Crippen molar-refractivity contribution in [2.75, 3.05) is 27.4 Å². The summed E-state index contributed by atoms with van der Waals surface area (Å²) >= 11 is 0. The van der Waals surface area contributed by atoms with Crippen LogP contribution in [-0.4, -0.2) is 37.2 Å². The van der Waals surface area contributed by atoms with Crippen LogP contribution in [0.1, 0.15) is 11.3 Å². The van der Waals surface area contributed by atoms with E-state index in [4.69, 9.17) is 9.47 Å². The molecule has 0 radical (unpaired) electrons. The van der Waals surface area contributed by atoms with E-state index in [9.17, 15) is 0 Å². The van der Waals surface area contributed by atoms with Crippen molar-refractivity contribution in [3.63, 3.8) is 0 Å². The van der Waals surface area contributed by atoms with Gasteiger partial charge in [-0.15, -0.1) is 0 Å². The van der Waals surface area contributed by atoms with Crippen LogP contribution in [0.2, 0.25) is 0 Å². The third-order valence-corrected chi connectivity index (χ3v) is 2.96. The summed E-state index contributed by atoms with van der Waals surface area (Å²) in [6.45, 7) is 3.05. The fourth-order valence-electron chi connectivity index (χ4n) is 1.93. The number of methoxy groups -OCH3 is 2. The van der Waals surface area contributed by atoms with Gasteiger partial charge < -0.3 is 14.8 Å². The van der Waals surface area contributed by atoms with Crippen LogP contribution in [0.25, 0.3) is 0 Å². The normalized spacial score (nSPS) is 10.7. The average molecular weight is 275 g/mol. The van der Waals surface area contributed by atoms with Crippen molar-refractivity contribution in [2.45, 2.75) is 13.1 Å². The van der Waals surface area contributed by atoms with E-state index in [2.05, 4.69) is 16.5 Å². The topological polar surface area (TPSA) is 48.3 Å². The first-order valence-electron chi connectivity index (χ1n) is 6.66. The molecule has 0 aliphatic heterocycles. The molecule has 5 nitrogen and oxygen atoms in total. The number of benzene rings is 1. The molecule has 1 aromatic carbocycles. The number of nitrogens with zero attached hydrogens (tertiary/aromatic N) is 2. The summed E-state index contributed by atoms with van der Waals surface area (Å²) in [5, 5.41) is 7.81. The summed E-state index contributed by atoms with van der Waals surface area (Å²) in [5.41, 5.74) is 2.20. The molecule has 0 aliphatic rings. The second-order valence-corrected chi connectivity index (χ2v) is 4.53. The highest BCUT2D eigenvalue weighted by molar-refractivity contribution is 5.28. The predicted molar refractivity (Wildman–Crippen MR) is 77.9 cm³/mol. The maximum Gasteiger partial charge on any atom is 0.119 e. The predicted octanol–water partition coefficient (Wildman–Crippen LogP) is 1.68. The largest absolute Gasteiger partial charge is 0.497 e. The number of nitrogens with one attached hydrogen (secondary N) is 1. The summed E-state index contributed by atoms with van der Waals surface area (Å²) in [6, 6.07) is 10.1. The van der Waals surface area contributed by atoms with Crippen LogP contribution >= 0.6 is 0 Å². The number of aromatic nitrogens is 2. The van der Waals surface area contributed by atoms with Gasteiger partial charge in [-0.25, -0.2) is 0 Å². The molecule has 5 heteroatoms. The second-order valence-electron chi connectivity index (χ2n) is 4.53. The lowest BCUT2D eigenvalue weighted by atomic mass is 10.2. The maximum atomic E-state index is 5.22. The molecule has 0 unspecified atom stereocenters. The standard InChI is InChI=1S/C15H21N3O2/c1-19-9-7-16-11-14-6-8-18(17-14)12-13-4-3-5-15(10-13)20-2/h3-6,8,10,16H,7,9,11-12H2,1-2H3. The SMILES string of the molecule is COCCNCc1ccn(Cc2cccc(OC)c2)n1. The Balaban J connectivity index is 1.88. The van der Waals surface area contributed by atoms with Crippen molar-refractivity contribution in [2.24, 2.45) is 0 Å². The number of hydrogen-bond donors (Lipinski definition) is 1. The molecule has 108 valence electrons. The van der Waals surface area contributed by atoms with Crippen LogP contribution in [0.5, 0.6) is 5.75 Å². The van der Waals surface area contributed by atoms with Crippen molar-refractivity contribution >= 4 is 0 Å². The molecule has 2 aromatic rings. The van der Waals surface area contributed by atoms with E-state index >= 15 is 0 Å². The monoisotopic (exact) mass is 275 g/mol. The minimum atomic E-state index is 0.713. The van der Waals surface area contributed by atoms with Crippen LogP contribution in [0.3, 0.4) is 0 Å². The molecule has 0 fully saturated rings. The third kappa shape index (κ3) is 4.36. The van der Waals surface area contributed by atoms with Gasteiger partial charge in [0.15, 0.2) is 0 Å². The van der Waals surface area contributed by atoms with Gasteiger partial charge in [-0.1, -0.05) is 12.1 Å². The van der Waals surface area contributed by atoms with Gasteiger partial charge in [0, 0.05) is 26.4 Å². The highest BCUT2D eigenvalue weighted by atomic mass is 16.5. The first kappa shape index (κ1) is 14.6. The van der Waals surface area contributed by atoms with Crippen LogP contribution < -0.4 is 10.1 Å². The first-order chi connectivity index (χ1) is 9.81. The van der Waals surface area contributed by atoms with Crippen molar-refractivity contribution in [3.05, 3.63) is 47.8 Å². The van der Waals surface area contributed by atoms with Gasteiger partial charge in [0.05, 0.1) is 26.0 Å². The molecule has 0 saturated heterocycles. The molecule has 0 bridgehead atoms. The molecular formula is C15H21N3O2. The van der Waals surface area contributed by atoms with E-state index < -0.39 is 0 Å². The fourth-order valence-corrected chi connectivity index (χ4v) is 1.93. The molecule has 0 spiro atoms. The summed E-state index contributed by atoms with van der Waals surface area (Å²) in [4.78, 5) is 0. The molecule has 20 heavy (non-hydrogen) atoms. The molecule has 1 heterocycles. The van der Waals surface area contributed by atoms with Crippen LogP contribution in [0.15, 0.2) is 36.5 Å². The van der Waals surface area contributed by atoms with Crippen LogP contribution in [0, 0.1) is 0 Å². The molecule has 2 rings (SSSR count). The number of ether oxygens (including phenoxy) is 2. The Morgan fingerprint density at radius 2 is 2.15 bits per heavy atom. The Bertz CT molecular complexity index is 525. The lowest BCUT2D eigenvalue weighted by Crippen LogP contribution is -2.19. The number of rotatable bonds is 8. The summed E-state index contributed by atoms with van der Waals surface area (Å²) < 4.78 is 12.1. The van der Waals surface area contributed by atoms with Crippen molar-refractivity contribution in [3.8, 4) is 5.75 Å². The number of hydrogen-bond acceptors (Lipinski definition) is 4. The van der Waals surface area contributed by atoms with Gasteiger partial charge in [0.25, 0.3) is 0 Å². The van der Waals surface area contributed by atoms with E-state index in [1.807, 2.05) is 35.1 Å². The molecule has 0 atom stereocenters. The molecule has 1 aromatic heterocycles. The van der Waals surface area contributed by atoms with Crippen molar-refractivity contribution in [1.82, 2.24) is 15.1 Å². The Morgan fingerprint density at radius 3 is 2.95 bits per heavy atom. The first-order valence-corrected chi connectivity index (χ1v) is 6.66. The van der Waals surface area contributed by atoms with Gasteiger partial charge >= 0.3 is 0 Å². The molecule has 0 aliphatic carbocycles. The zero-order valence-electron chi connectivity index (χ0n) is 12.0. The van der Waals surface area contributed by atoms with E-state index in [-0.39, 0.29) is 0 Å². The van der Waals surface area contributed by atoms with Crippen molar-refractivity contribution in [1.29, 1.82) is 0 Å². The molecule has 1 N–H and O–H groups in total. The van der Waals surface area contributed by atoms with Gasteiger partial charge in [-0.2, -0.15) is 5.10 Å². The zero-order chi connectivity index (χ0) is 14.2. The zero-order valence-corrected chi connectivity index (χ0v) is 12.0. The average Bonchev–Trinajstić information content (AvgIpc) is 2.91. The van der Waals surface area contributed by atoms with E-state index in [0.717, 1.165) is 31.1 Å². The highest BCUT2D eigenvalue weighted by Crippen LogP contribution is 2.13. The van der Waals surface area contributed by atoms with Gasteiger partial charge in [0.1, 0.15) is 5.75 Å². The lowest BCUT2D eigenvalue weighted by Gasteiger charge is -2.05. The molecule has 0 saturated carbocycles. The summed E-state index contributed by atoms with van der Waals surface area (Å²) in [7, 11) is 3.38. The Labute approximate surface area is 119 Å². The quantitative estimate of drug-likeness (QED) is 0.745. The minimum absolute atomic E-state index is 0.713. The molecule has 0 amide bonds. The van der Waals surface area contributed by atoms with Crippen LogP contribution in [0.4, 0.5) is 0 Å². The summed E-state index contributed by atoms with van der Waals surface area (Å²) in [5.74, 6) is 0.871. The Hall–Kier alpha value is -1.85. The van der Waals surface area contributed by atoms with E-state index in [0.29, 0.717) is 6.61 Å². The minimum Gasteiger partial charge on any atom is -0.497 e. The fraction of sp³-hybridized carbons (Fsp3) is 0.400. The lowest BCUT2D eigenvalue weighted by molar-refractivity contribution is 0.199. The van der Waals surface area contributed by atoms with Gasteiger partial charge in [0.2, 0.25) is 0 Å². The third-order valence-electron chi connectivity index (χ3n) is 2.96.